The zero-order chi connectivity index (χ0) is 14.9. The van der Waals surface area contributed by atoms with Gasteiger partial charge >= 0.3 is 0 Å². The Kier molecular flexibility index (Phi) is 4.35. The summed E-state index contributed by atoms with van der Waals surface area (Å²) in [6.45, 7) is 1.28. The van der Waals surface area contributed by atoms with Crippen molar-refractivity contribution in [2.24, 2.45) is 0 Å². The number of rotatable bonds is 5. The molecular weight excluding hydrogens is 330 g/mol. The third kappa shape index (κ3) is 3.85. The van der Waals surface area contributed by atoms with Crippen LogP contribution in [-0.2, 0) is 23.1 Å². The van der Waals surface area contributed by atoms with Gasteiger partial charge in [-0.05, 0) is 17.9 Å². The van der Waals surface area contributed by atoms with Gasteiger partial charge in [0.1, 0.15) is 0 Å². The van der Waals surface area contributed by atoms with Gasteiger partial charge in [0.05, 0.1) is 29.4 Å². The molecule has 1 saturated heterocycles. The van der Waals surface area contributed by atoms with E-state index in [0.717, 1.165) is 6.54 Å². The van der Waals surface area contributed by atoms with Crippen LogP contribution >= 0.6 is 22.9 Å². The highest BCUT2D eigenvalue weighted by atomic mass is 35.5. The van der Waals surface area contributed by atoms with Gasteiger partial charge in [-0.3, -0.25) is 9.58 Å². The lowest BCUT2D eigenvalue weighted by Gasteiger charge is -2.27. The van der Waals surface area contributed by atoms with Gasteiger partial charge in [0.25, 0.3) is 0 Å². The highest BCUT2D eigenvalue weighted by Gasteiger charge is 2.32. The van der Waals surface area contributed by atoms with E-state index in [1.165, 1.54) is 4.88 Å². The summed E-state index contributed by atoms with van der Waals surface area (Å²) in [5.41, 5.74) is 0. The van der Waals surface area contributed by atoms with Gasteiger partial charge in [-0.15, -0.1) is 11.3 Å². The van der Waals surface area contributed by atoms with Gasteiger partial charge in [-0.25, -0.2) is 8.42 Å². The van der Waals surface area contributed by atoms with E-state index in [9.17, 15) is 8.42 Å². The van der Waals surface area contributed by atoms with Crippen LogP contribution < -0.4 is 0 Å². The second-order valence-corrected chi connectivity index (χ2v) is 8.92. The van der Waals surface area contributed by atoms with Gasteiger partial charge in [0, 0.05) is 23.7 Å². The summed E-state index contributed by atoms with van der Waals surface area (Å²) >= 11 is 7.57. The molecule has 3 rings (SSSR count). The minimum atomic E-state index is -2.90. The maximum atomic E-state index is 11.7. The molecule has 0 spiro atoms. The van der Waals surface area contributed by atoms with E-state index >= 15 is 0 Å². The Morgan fingerprint density at radius 3 is 2.95 bits per heavy atom. The lowest BCUT2D eigenvalue weighted by Crippen LogP contribution is -2.37. The number of hydrogen-bond donors (Lipinski definition) is 0. The van der Waals surface area contributed by atoms with Crippen LogP contribution in [0.1, 0.15) is 11.3 Å². The lowest BCUT2D eigenvalue weighted by atomic mass is 10.2. The summed E-state index contributed by atoms with van der Waals surface area (Å²) in [6.07, 6.45) is 4.03. The standard InChI is InChI=1S/C13H16ClN3O2S2/c14-11-6-15-17(7-11)10-16(8-13-2-1-4-20-13)12-3-5-21(18,19)9-12/h1-2,4,6-7,12H,3,5,8-10H2. The molecule has 5 nitrogen and oxygen atoms in total. The van der Waals surface area contributed by atoms with Crippen molar-refractivity contribution < 1.29 is 8.42 Å². The molecule has 1 unspecified atom stereocenters. The summed E-state index contributed by atoms with van der Waals surface area (Å²) < 4.78 is 25.2. The molecule has 0 amide bonds. The van der Waals surface area contributed by atoms with Gasteiger partial charge in [-0.1, -0.05) is 17.7 Å². The van der Waals surface area contributed by atoms with Gasteiger partial charge in [-0.2, -0.15) is 5.10 Å². The molecular formula is C13H16ClN3O2S2. The van der Waals surface area contributed by atoms with Crippen LogP contribution in [0.15, 0.2) is 29.9 Å². The molecule has 1 fully saturated rings. The van der Waals surface area contributed by atoms with Crippen LogP contribution in [-0.4, -0.2) is 40.6 Å². The maximum absolute atomic E-state index is 11.7. The van der Waals surface area contributed by atoms with Crippen molar-refractivity contribution in [3.8, 4) is 0 Å². The highest BCUT2D eigenvalue weighted by Crippen LogP contribution is 2.22. The average Bonchev–Trinajstić information content (AvgIpc) is 3.11. The Hall–Kier alpha value is -0.890. The first-order valence-corrected chi connectivity index (χ1v) is 9.74. The molecule has 8 heteroatoms. The van der Waals surface area contributed by atoms with Crippen molar-refractivity contribution in [1.29, 1.82) is 0 Å². The van der Waals surface area contributed by atoms with Crippen molar-refractivity contribution in [3.05, 3.63) is 39.8 Å². The number of hydrogen-bond acceptors (Lipinski definition) is 5. The summed E-state index contributed by atoms with van der Waals surface area (Å²) in [5, 5.41) is 6.81. The fraction of sp³-hybridized carbons (Fsp3) is 0.462. The molecule has 2 aromatic rings. The molecule has 1 aliphatic heterocycles. The number of nitrogens with zero attached hydrogens (tertiary/aromatic N) is 3. The quantitative estimate of drug-likeness (QED) is 0.834. The molecule has 2 aromatic heterocycles. The average molecular weight is 346 g/mol. The Balaban J connectivity index is 1.77. The molecule has 0 aromatic carbocycles. The number of sulfone groups is 1. The molecule has 0 bridgehead atoms. The van der Waals surface area contributed by atoms with E-state index in [2.05, 4.69) is 16.1 Å². The molecule has 0 saturated carbocycles. The van der Waals surface area contributed by atoms with Crippen LogP contribution in [0.2, 0.25) is 5.02 Å². The predicted molar refractivity (Wildman–Crippen MR) is 84.2 cm³/mol. The number of halogens is 1. The fourth-order valence-electron chi connectivity index (χ4n) is 2.56. The Labute approximate surface area is 133 Å². The fourth-order valence-corrected chi connectivity index (χ4v) is 5.21. The minimum absolute atomic E-state index is 0.0417. The van der Waals surface area contributed by atoms with E-state index in [1.54, 1.807) is 28.4 Å². The van der Waals surface area contributed by atoms with E-state index in [4.69, 9.17) is 11.6 Å². The van der Waals surface area contributed by atoms with E-state index in [0.29, 0.717) is 18.1 Å². The first-order valence-electron chi connectivity index (χ1n) is 6.67. The van der Waals surface area contributed by atoms with Gasteiger partial charge < -0.3 is 0 Å². The largest absolute Gasteiger partial charge is 0.275 e. The lowest BCUT2D eigenvalue weighted by molar-refractivity contribution is 0.149. The summed E-state index contributed by atoms with van der Waals surface area (Å²) in [6, 6.07) is 4.12. The maximum Gasteiger partial charge on any atom is 0.151 e. The molecule has 1 aliphatic rings. The first-order chi connectivity index (χ1) is 10.0. The van der Waals surface area contributed by atoms with E-state index < -0.39 is 9.84 Å². The van der Waals surface area contributed by atoms with Crippen LogP contribution in [0.3, 0.4) is 0 Å². The second-order valence-electron chi connectivity index (χ2n) is 5.22. The summed E-state index contributed by atoms with van der Waals surface area (Å²) in [4.78, 5) is 3.39. The van der Waals surface area contributed by atoms with Crippen molar-refractivity contribution in [1.82, 2.24) is 14.7 Å². The third-order valence-corrected chi connectivity index (χ3v) is 6.40. The third-order valence-electron chi connectivity index (χ3n) is 3.59. The summed E-state index contributed by atoms with van der Waals surface area (Å²) in [5.74, 6) is 0.506. The molecule has 3 heterocycles. The molecule has 21 heavy (non-hydrogen) atoms. The van der Waals surface area contributed by atoms with Crippen LogP contribution in [0, 0.1) is 0 Å². The normalized spacial score (nSPS) is 21.1. The predicted octanol–water partition coefficient (Wildman–Crippen LogP) is 2.24. The topological polar surface area (TPSA) is 55.2 Å². The SMILES string of the molecule is O=S1(=O)CCC(N(Cc2cccs2)Cn2cc(Cl)cn2)C1. The zero-order valence-electron chi connectivity index (χ0n) is 11.4. The van der Waals surface area contributed by atoms with Crippen LogP contribution in [0.25, 0.3) is 0 Å². The first kappa shape index (κ1) is 15.0. The molecule has 1 atom stereocenters. The minimum Gasteiger partial charge on any atom is -0.275 e. The Morgan fingerprint density at radius 2 is 2.38 bits per heavy atom. The molecule has 0 radical (unpaired) electrons. The number of thiophene rings is 1. The van der Waals surface area contributed by atoms with Crippen molar-refractivity contribution >= 4 is 32.8 Å². The Morgan fingerprint density at radius 1 is 1.52 bits per heavy atom. The molecule has 0 aliphatic carbocycles. The van der Waals surface area contributed by atoms with Gasteiger partial charge in [0.2, 0.25) is 0 Å². The van der Waals surface area contributed by atoms with E-state index in [1.807, 2.05) is 11.4 Å². The monoisotopic (exact) mass is 345 g/mol. The van der Waals surface area contributed by atoms with E-state index in [-0.39, 0.29) is 17.5 Å². The zero-order valence-corrected chi connectivity index (χ0v) is 13.7. The second kappa shape index (κ2) is 6.08. The van der Waals surface area contributed by atoms with Crippen LogP contribution in [0.4, 0.5) is 0 Å². The van der Waals surface area contributed by atoms with Gasteiger partial charge in [0.15, 0.2) is 9.84 Å². The highest BCUT2D eigenvalue weighted by molar-refractivity contribution is 7.91. The number of aromatic nitrogens is 2. The Bertz CT molecular complexity index is 697. The molecule has 114 valence electrons. The van der Waals surface area contributed by atoms with Crippen molar-refractivity contribution in [3.63, 3.8) is 0 Å². The summed E-state index contributed by atoms with van der Waals surface area (Å²) in [7, 11) is -2.90. The smallest absolute Gasteiger partial charge is 0.151 e. The van der Waals surface area contributed by atoms with Crippen LogP contribution in [0.5, 0.6) is 0 Å². The molecule has 0 N–H and O–H groups in total. The van der Waals surface area contributed by atoms with Crippen molar-refractivity contribution in [2.45, 2.75) is 25.7 Å². The van der Waals surface area contributed by atoms with Crippen molar-refractivity contribution in [2.75, 3.05) is 11.5 Å².